The number of nitrogens with one attached hydrogen (secondary N) is 1. The molecule has 0 atom stereocenters. The molecule has 6 heteroatoms. The lowest BCUT2D eigenvalue weighted by Gasteiger charge is -2.02. The fourth-order valence-corrected chi connectivity index (χ4v) is 2.28. The first-order valence-electron chi connectivity index (χ1n) is 6.51. The first kappa shape index (κ1) is 14.6. The van der Waals surface area contributed by atoms with Crippen LogP contribution in [-0.2, 0) is 0 Å². The number of carbonyl (C=O) groups excluding carboxylic acids is 1. The Morgan fingerprint density at radius 3 is 2.59 bits per heavy atom. The predicted molar refractivity (Wildman–Crippen MR) is 93.5 cm³/mol. The highest BCUT2D eigenvalue weighted by Gasteiger charge is 2.15. The Morgan fingerprint density at radius 2 is 1.86 bits per heavy atom. The van der Waals surface area contributed by atoms with E-state index in [0.717, 1.165) is 3.57 Å². The molecule has 2 aromatic carbocycles. The number of carbonyl (C=O) groups is 1. The maximum atomic E-state index is 12.2. The Morgan fingerprint density at radius 1 is 1.14 bits per heavy atom. The van der Waals surface area contributed by atoms with Crippen LogP contribution in [0.5, 0.6) is 0 Å². The average molecular weight is 405 g/mol. The zero-order chi connectivity index (χ0) is 15.5. The monoisotopic (exact) mass is 405 g/mol. The maximum Gasteiger partial charge on any atom is 0.277 e. The van der Waals surface area contributed by atoms with Gasteiger partial charge in [0.05, 0.1) is 5.56 Å². The molecule has 1 amide bonds. The van der Waals surface area contributed by atoms with E-state index in [1.165, 1.54) is 6.26 Å². The van der Waals surface area contributed by atoms with Crippen LogP contribution in [-0.4, -0.2) is 10.9 Å². The second-order valence-electron chi connectivity index (χ2n) is 4.59. The Balaban J connectivity index is 1.80. The van der Waals surface area contributed by atoms with E-state index in [1.54, 1.807) is 12.1 Å². The van der Waals surface area contributed by atoms with E-state index in [2.05, 4.69) is 32.9 Å². The van der Waals surface area contributed by atoms with E-state index in [4.69, 9.17) is 10.2 Å². The van der Waals surface area contributed by atoms with Crippen molar-refractivity contribution in [1.82, 2.24) is 4.98 Å². The first-order chi connectivity index (χ1) is 10.6. The molecular weight excluding hydrogens is 393 g/mol. The second kappa shape index (κ2) is 6.18. The van der Waals surface area contributed by atoms with E-state index >= 15 is 0 Å². The van der Waals surface area contributed by atoms with Gasteiger partial charge >= 0.3 is 0 Å². The SMILES string of the molecule is Nc1ccccc1-c1nc(C(=O)Nc2ccc(I)cc2)co1. The molecule has 5 nitrogen and oxygen atoms in total. The van der Waals surface area contributed by atoms with Gasteiger partial charge in [0.25, 0.3) is 5.91 Å². The van der Waals surface area contributed by atoms with Crippen molar-refractivity contribution in [2.45, 2.75) is 0 Å². The molecule has 0 saturated carbocycles. The normalized spacial score (nSPS) is 10.4. The van der Waals surface area contributed by atoms with Crippen LogP contribution < -0.4 is 11.1 Å². The smallest absolute Gasteiger partial charge is 0.277 e. The van der Waals surface area contributed by atoms with Crippen LogP contribution in [0.2, 0.25) is 0 Å². The lowest BCUT2D eigenvalue weighted by Crippen LogP contribution is -2.12. The molecule has 3 aromatic rings. The van der Waals surface area contributed by atoms with Crippen molar-refractivity contribution in [3.05, 3.63) is 64.1 Å². The third-order valence-corrected chi connectivity index (χ3v) is 3.75. The number of nitrogens with zero attached hydrogens (tertiary/aromatic N) is 1. The summed E-state index contributed by atoms with van der Waals surface area (Å²) in [6, 6.07) is 14.7. The number of hydrogen-bond donors (Lipinski definition) is 2. The fraction of sp³-hybridized carbons (Fsp3) is 0. The lowest BCUT2D eigenvalue weighted by molar-refractivity contribution is 0.102. The molecule has 1 aromatic heterocycles. The number of amides is 1. The fourth-order valence-electron chi connectivity index (χ4n) is 1.92. The number of nitrogens with two attached hydrogens (primary N) is 1. The minimum Gasteiger partial charge on any atom is -0.444 e. The van der Waals surface area contributed by atoms with Crippen LogP contribution in [0.3, 0.4) is 0 Å². The quantitative estimate of drug-likeness (QED) is 0.514. The highest BCUT2D eigenvalue weighted by Crippen LogP contribution is 2.24. The average Bonchev–Trinajstić information content (AvgIpc) is 3.00. The van der Waals surface area contributed by atoms with Crippen LogP contribution in [0, 0.1) is 3.57 Å². The molecular formula is C16H12IN3O2. The summed E-state index contributed by atoms with van der Waals surface area (Å²) in [5.41, 5.74) is 8.00. The number of hydrogen-bond acceptors (Lipinski definition) is 4. The molecule has 0 unspecified atom stereocenters. The molecule has 1 heterocycles. The third-order valence-electron chi connectivity index (χ3n) is 3.03. The van der Waals surface area contributed by atoms with Crippen molar-refractivity contribution >= 4 is 39.9 Å². The summed E-state index contributed by atoms with van der Waals surface area (Å²) in [4.78, 5) is 16.4. The van der Waals surface area contributed by atoms with E-state index in [0.29, 0.717) is 22.8 Å². The number of nitrogen functional groups attached to an aromatic ring is 1. The van der Waals surface area contributed by atoms with Crippen molar-refractivity contribution in [3.63, 3.8) is 0 Å². The second-order valence-corrected chi connectivity index (χ2v) is 5.83. The van der Waals surface area contributed by atoms with Gasteiger partial charge in [0, 0.05) is 14.9 Å². The summed E-state index contributed by atoms with van der Waals surface area (Å²) in [7, 11) is 0. The van der Waals surface area contributed by atoms with E-state index in [1.807, 2.05) is 36.4 Å². The third kappa shape index (κ3) is 3.11. The number of benzene rings is 2. The molecule has 0 fully saturated rings. The van der Waals surface area contributed by atoms with E-state index < -0.39 is 0 Å². The highest BCUT2D eigenvalue weighted by atomic mass is 127. The molecule has 0 bridgehead atoms. The molecule has 3 rings (SSSR count). The van der Waals surface area contributed by atoms with Gasteiger partial charge in [-0.1, -0.05) is 12.1 Å². The summed E-state index contributed by atoms with van der Waals surface area (Å²) in [6.07, 6.45) is 1.32. The zero-order valence-electron chi connectivity index (χ0n) is 11.4. The number of oxazole rings is 1. The number of aromatic nitrogens is 1. The maximum absolute atomic E-state index is 12.2. The van der Waals surface area contributed by atoms with Gasteiger partial charge in [-0.3, -0.25) is 4.79 Å². The molecule has 0 saturated heterocycles. The van der Waals surface area contributed by atoms with E-state index in [9.17, 15) is 4.79 Å². The number of halogens is 1. The van der Waals surface area contributed by atoms with Crippen molar-refractivity contribution in [1.29, 1.82) is 0 Å². The van der Waals surface area contributed by atoms with Gasteiger partial charge in [0.2, 0.25) is 5.89 Å². The Bertz CT molecular complexity index is 812. The van der Waals surface area contributed by atoms with Crippen molar-refractivity contribution < 1.29 is 9.21 Å². The molecule has 0 aliphatic heterocycles. The summed E-state index contributed by atoms with van der Waals surface area (Å²) in [6.45, 7) is 0. The van der Waals surface area contributed by atoms with Gasteiger partial charge in [0.1, 0.15) is 6.26 Å². The van der Waals surface area contributed by atoms with E-state index in [-0.39, 0.29) is 11.6 Å². The highest BCUT2D eigenvalue weighted by molar-refractivity contribution is 14.1. The molecule has 110 valence electrons. The van der Waals surface area contributed by atoms with Crippen molar-refractivity contribution in [3.8, 4) is 11.5 Å². The number of para-hydroxylation sites is 1. The van der Waals surface area contributed by atoms with Crippen molar-refractivity contribution in [2.24, 2.45) is 0 Å². The van der Waals surface area contributed by atoms with Gasteiger partial charge in [-0.2, -0.15) is 0 Å². The number of anilines is 2. The van der Waals surface area contributed by atoms with Crippen LogP contribution in [0.25, 0.3) is 11.5 Å². The summed E-state index contributed by atoms with van der Waals surface area (Å²) in [5, 5.41) is 2.77. The summed E-state index contributed by atoms with van der Waals surface area (Å²) in [5.74, 6) is -0.00318. The van der Waals surface area contributed by atoms with Crippen LogP contribution in [0.1, 0.15) is 10.5 Å². The van der Waals surface area contributed by atoms with Crippen molar-refractivity contribution in [2.75, 3.05) is 11.1 Å². The largest absolute Gasteiger partial charge is 0.444 e. The minimum atomic E-state index is -0.328. The Labute approximate surface area is 140 Å². The molecule has 0 radical (unpaired) electrons. The lowest BCUT2D eigenvalue weighted by atomic mass is 10.2. The molecule has 0 spiro atoms. The van der Waals surface area contributed by atoms with Gasteiger partial charge in [-0.25, -0.2) is 4.98 Å². The first-order valence-corrected chi connectivity index (χ1v) is 7.58. The predicted octanol–water partition coefficient (Wildman–Crippen LogP) is 3.78. The van der Waals surface area contributed by atoms with Crippen LogP contribution in [0.4, 0.5) is 11.4 Å². The topological polar surface area (TPSA) is 81.1 Å². The summed E-state index contributed by atoms with van der Waals surface area (Å²) >= 11 is 2.20. The summed E-state index contributed by atoms with van der Waals surface area (Å²) < 4.78 is 6.45. The zero-order valence-corrected chi connectivity index (χ0v) is 13.6. The standard InChI is InChI=1S/C16H12IN3O2/c17-10-5-7-11(8-6-10)19-15(21)14-9-22-16(20-14)12-3-1-2-4-13(12)18/h1-9H,18H2,(H,19,21). The van der Waals surface area contributed by atoms with Gasteiger partial charge in [-0.15, -0.1) is 0 Å². The number of rotatable bonds is 3. The van der Waals surface area contributed by atoms with Gasteiger partial charge in [0.15, 0.2) is 5.69 Å². The molecule has 0 aliphatic rings. The molecule has 3 N–H and O–H groups in total. The minimum absolute atomic E-state index is 0.205. The van der Waals surface area contributed by atoms with Crippen LogP contribution >= 0.6 is 22.6 Å². The molecule has 22 heavy (non-hydrogen) atoms. The Kier molecular flexibility index (Phi) is 4.10. The van der Waals surface area contributed by atoms with Gasteiger partial charge in [-0.05, 0) is 59.0 Å². The molecule has 0 aliphatic carbocycles. The van der Waals surface area contributed by atoms with Gasteiger partial charge < -0.3 is 15.5 Å². The van der Waals surface area contributed by atoms with Crippen LogP contribution in [0.15, 0.2) is 59.2 Å². The Hall–Kier alpha value is -2.35.